The van der Waals surface area contributed by atoms with Gasteiger partial charge in [0, 0.05) is 17.8 Å². The minimum Gasteiger partial charge on any atom is -0.465 e. The summed E-state index contributed by atoms with van der Waals surface area (Å²) in [5, 5.41) is 2.74. The summed E-state index contributed by atoms with van der Waals surface area (Å²) in [6.07, 6.45) is 0. The van der Waals surface area contributed by atoms with E-state index in [0.29, 0.717) is 23.4 Å². The molecule has 2 aromatic carbocycles. The number of rotatable bonds is 4. The van der Waals surface area contributed by atoms with Crippen LogP contribution in [-0.4, -0.2) is 19.0 Å². The van der Waals surface area contributed by atoms with Crippen LogP contribution in [0.25, 0.3) is 0 Å². The van der Waals surface area contributed by atoms with Crippen molar-refractivity contribution in [1.82, 2.24) is 0 Å². The lowest BCUT2D eigenvalue weighted by Crippen LogP contribution is -2.13. The topological polar surface area (TPSA) is 81.4 Å². The van der Waals surface area contributed by atoms with E-state index < -0.39 is 5.97 Å². The van der Waals surface area contributed by atoms with Crippen LogP contribution in [0.1, 0.15) is 26.3 Å². The van der Waals surface area contributed by atoms with Crippen molar-refractivity contribution in [2.75, 3.05) is 12.4 Å². The summed E-state index contributed by atoms with van der Waals surface area (Å²) in [5.41, 5.74) is 7.86. The number of anilines is 1. The molecule has 0 saturated carbocycles. The number of nitrogens with one attached hydrogen (secondary N) is 1. The SMILES string of the molecule is COC(=O)c1cccc(NC(=O)c2cccc(CN)c2)c1. The second kappa shape index (κ2) is 6.67. The number of carbonyl (C=O) groups is 2. The highest BCUT2D eigenvalue weighted by atomic mass is 16.5. The Kier molecular flexibility index (Phi) is 4.68. The Balaban J connectivity index is 2.17. The van der Waals surface area contributed by atoms with Crippen molar-refractivity contribution in [2.24, 2.45) is 5.73 Å². The number of methoxy groups -OCH3 is 1. The van der Waals surface area contributed by atoms with Crippen molar-refractivity contribution < 1.29 is 14.3 Å². The molecule has 2 aromatic rings. The number of carbonyl (C=O) groups excluding carboxylic acids is 2. The molecule has 5 nitrogen and oxygen atoms in total. The summed E-state index contributed by atoms with van der Waals surface area (Å²) >= 11 is 0. The summed E-state index contributed by atoms with van der Waals surface area (Å²) < 4.78 is 4.65. The van der Waals surface area contributed by atoms with Gasteiger partial charge < -0.3 is 15.8 Å². The number of hydrogen-bond donors (Lipinski definition) is 2. The Hall–Kier alpha value is -2.66. The zero-order valence-electron chi connectivity index (χ0n) is 11.6. The molecule has 1 amide bonds. The van der Waals surface area contributed by atoms with Crippen molar-refractivity contribution in [3.8, 4) is 0 Å². The predicted molar refractivity (Wildman–Crippen MR) is 80.1 cm³/mol. The third-order valence-corrected chi connectivity index (χ3v) is 2.97. The van der Waals surface area contributed by atoms with Crippen LogP contribution in [0.3, 0.4) is 0 Å². The summed E-state index contributed by atoms with van der Waals surface area (Å²) in [5.74, 6) is -0.705. The molecule has 0 bridgehead atoms. The van der Waals surface area contributed by atoms with Crippen molar-refractivity contribution in [3.63, 3.8) is 0 Å². The maximum atomic E-state index is 12.2. The second-order valence-electron chi connectivity index (χ2n) is 4.43. The molecular weight excluding hydrogens is 268 g/mol. The molecule has 3 N–H and O–H groups in total. The fraction of sp³-hybridized carbons (Fsp3) is 0.125. The predicted octanol–water partition coefficient (Wildman–Crippen LogP) is 2.18. The lowest BCUT2D eigenvalue weighted by Gasteiger charge is -2.07. The van der Waals surface area contributed by atoms with Crippen LogP contribution >= 0.6 is 0 Å². The zero-order valence-corrected chi connectivity index (χ0v) is 11.6. The molecule has 0 aromatic heterocycles. The van der Waals surface area contributed by atoms with Gasteiger partial charge in [0.05, 0.1) is 12.7 Å². The first-order valence-corrected chi connectivity index (χ1v) is 6.43. The molecule has 2 rings (SSSR count). The van der Waals surface area contributed by atoms with Crippen LogP contribution in [0.15, 0.2) is 48.5 Å². The third-order valence-electron chi connectivity index (χ3n) is 2.97. The Morgan fingerprint density at radius 3 is 2.52 bits per heavy atom. The third kappa shape index (κ3) is 3.67. The average Bonchev–Trinajstić information content (AvgIpc) is 2.54. The Morgan fingerprint density at radius 2 is 1.81 bits per heavy atom. The first-order valence-electron chi connectivity index (χ1n) is 6.43. The first kappa shape index (κ1) is 14.7. The van der Waals surface area contributed by atoms with E-state index in [-0.39, 0.29) is 5.91 Å². The fourth-order valence-electron chi connectivity index (χ4n) is 1.88. The molecule has 0 aliphatic carbocycles. The first-order chi connectivity index (χ1) is 10.1. The van der Waals surface area contributed by atoms with Gasteiger partial charge in [0.2, 0.25) is 0 Å². The molecule has 108 valence electrons. The molecule has 0 radical (unpaired) electrons. The molecule has 5 heteroatoms. The molecule has 0 atom stereocenters. The zero-order chi connectivity index (χ0) is 15.2. The van der Waals surface area contributed by atoms with Gasteiger partial charge in [-0.05, 0) is 35.9 Å². The van der Waals surface area contributed by atoms with E-state index in [4.69, 9.17) is 5.73 Å². The van der Waals surface area contributed by atoms with Crippen LogP contribution in [0.5, 0.6) is 0 Å². The highest BCUT2D eigenvalue weighted by molar-refractivity contribution is 6.05. The van der Waals surface area contributed by atoms with Gasteiger partial charge in [-0.3, -0.25) is 4.79 Å². The smallest absolute Gasteiger partial charge is 0.337 e. The quantitative estimate of drug-likeness (QED) is 0.843. The normalized spacial score (nSPS) is 10.0. The maximum Gasteiger partial charge on any atom is 0.337 e. The summed E-state index contributed by atoms with van der Waals surface area (Å²) in [4.78, 5) is 23.6. The van der Waals surface area contributed by atoms with Gasteiger partial charge in [-0.25, -0.2) is 4.79 Å². The van der Waals surface area contributed by atoms with Gasteiger partial charge in [0.1, 0.15) is 0 Å². The lowest BCUT2D eigenvalue weighted by atomic mass is 10.1. The Labute approximate surface area is 122 Å². The monoisotopic (exact) mass is 284 g/mol. The molecule has 0 saturated heterocycles. The minimum absolute atomic E-state index is 0.257. The Morgan fingerprint density at radius 1 is 1.10 bits per heavy atom. The molecule has 0 aliphatic heterocycles. The molecule has 0 unspecified atom stereocenters. The molecule has 0 aliphatic rings. The second-order valence-corrected chi connectivity index (χ2v) is 4.43. The van der Waals surface area contributed by atoms with Gasteiger partial charge in [-0.15, -0.1) is 0 Å². The van der Waals surface area contributed by atoms with Gasteiger partial charge in [-0.2, -0.15) is 0 Å². The van der Waals surface area contributed by atoms with E-state index in [9.17, 15) is 9.59 Å². The highest BCUT2D eigenvalue weighted by Gasteiger charge is 2.09. The Bertz CT molecular complexity index is 668. The largest absolute Gasteiger partial charge is 0.465 e. The minimum atomic E-state index is -0.448. The van der Waals surface area contributed by atoms with E-state index in [1.807, 2.05) is 6.07 Å². The lowest BCUT2D eigenvalue weighted by molar-refractivity contribution is 0.0600. The molecular formula is C16H16N2O3. The van der Waals surface area contributed by atoms with E-state index in [1.54, 1.807) is 42.5 Å². The molecule has 0 heterocycles. The van der Waals surface area contributed by atoms with Crippen LogP contribution in [0.2, 0.25) is 0 Å². The van der Waals surface area contributed by atoms with Gasteiger partial charge >= 0.3 is 5.97 Å². The number of amides is 1. The van der Waals surface area contributed by atoms with Crippen molar-refractivity contribution in [3.05, 3.63) is 65.2 Å². The van der Waals surface area contributed by atoms with Crippen LogP contribution in [-0.2, 0) is 11.3 Å². The van der Waals surface area contributed by atoms with E-state index >= 15 is 0 Å². The molecule has 21 heavy (non-hydrogen) atoms. The number of nitrogens with two attached hydrogens (primary N) is 1. The van der Waals surface area contributed by atoms with Gasteiger partial charge in [0.15, 0.2) is 0 Å². The van der Waals surface area contributed by atoms with Crippen LogP contribution in [0, 0.1) is 0 Å². The fourth-order valence-corrected chi connectivity index (χ4v) is 1.88. The summed E-state index contributed by atoms with van der Waals surface area (Å²) in [6, 6.07) is 13.6. The van der Waals surface area contributed by atoms with E-state index in [1.165, 1.54) is 7.11 Å². The molecule has 0 spiro atoms. The number of hydrogen-bond acceptors (Lipinski definition) is 4. The highest BCUT2D eigenvalue weighted by Crippen LogP contribution is 2.14. The number of benzene rings is 2. The standard InChI is InChI=1S/C16H16N2O3/c1-21-16(20)13-6-3-7-14(9-13)18-15(19)12-5-2-4-11(8-12)10-17/h2-9H,10,17H2,1H3,(H,18,19). The van der Waals surface area contributed by atoms with Crippen LogP contribution in [0.4, 0.5) is 5.69 Å². The van der Waals surface area contributed by atoms with Crippen molar-refractivity contribution in [2.45, 2.75) is 6.54 Å². The van der Waals surface area contributed by atoms with E-state index in [2.05, 4.69) is 10.1 Å². The van der Waals surface area contributed by atoms with Crippen LogP contribution < -0.4 is 11.1 Å². The van der Waals surface area contributed by atoms with E-state index in [0.717, 1.165) is 5.56 Å². The number of esters is 1. The van der Waals surface area contributed by atoms with Crippen molar-refractivity contribution >= 4 is 17.6 Å². The number of ether oxygens (including phenoxy) is 1. The average molecular weight is 284 g/mol. The maximum absolute atomic E-state index is 12.2. The van der Waals surface area contributed by atoms with Crippen molar-refractivity contribution in [1.29, 1.82) is 0 Å². The van der Waals surface area contributed by atoms with Gasteiger partial charge in [0.25, 0.3) is 5.91 Å². The molecule has 0 fully saturated rings. The summed E-state index contributed by atoms with van der Waals surface area (Å²) in [7, 11) is 1.31. The summed E-state index contributed by atoms with van der Waals surface area (Å²) in [6.45, 7) is 0.374. The van der Waals surface area contributed by atoms with Gasteiger partial charge in [-0.1, -0.05) is 18.2 Å².